The van der Waals surface area contributed by atoms with E-state index in [0.29, 0.717) is 23.7 Å². The van der Waals surface area contributed by atoms with Crippen LogP contribution in [0.1, 0.15) is 11.1 Å². The highest BCUT2D eigenvalue weighted by atomic mass is 35.5. The Morgan fingerprint density at radius 1 is 1.57 bits per heavy atom. The molecule has 3 nitrogen and oxygen atoms in total. The van der Waals surface area contributed by atoms with Gasteiger partial charge in [-0.05, 0) is 25.5 Å². The summed E-state index contributed by atoms with van der Waals surface area (Å²) in [6.45, 7) is 2.32. The van der Waals surface area contributed by atoms with Crippen LogP contribution in [0.15, 0.2) is 6.07 Å². The van der Waals surface area contributed by atoms with Gasteiger partial charge in [0.2, 0.25) is 0 Å². The van der Waals surface area contributed by atoms with Crippen LogP contribution < -0.4 is 10.5 Å². The molecule has 1 aromatic rings. The lowest BCUT2D eigenvalue weighted by atomic mass is 10.0. The Morgan fingerprint density at radius 2 is 2.21 bits per heavy atom. The molecule has 0 saturated carbocycles. The Kier molecular flexibility index (Phi) is 3.61. The van der Waals surface area contributed by atoms with Gasteiger partial charge in [-0.15, -0.1) is 0 Å². The van der Waals surface area contributed by atoms with Gasteiger partial charge in [0.1, 0.15) is 0 Å². The van der Waals surface area contributed by atoms with E-state index in [9.17, 15) is 5.11 Å². The number of phenolic OH excluding ortho intramolecular Hbond substituents is 1. The van der Waals surface area contributed by atoms with Crippen LogP contribution in [0.25, 0.3) is 0 Å². The van der Waals surface area contributed by atoms with Gasteiger partial charge in [-0.2, -0.15) is 0 Å². The van der Waals surface area contributed by atoms with Crippen molar-refractivity contribution in [1.82, 2.24) is 0 Å². The molecule has 1 rings (SSSR count). The standard InChI is InChI=1S/C10H14ClNO2/c1-6-7(3-4-12)10(13)9(14-2)5-8(6)11/h5,13H,3-4,12H2,1-2H3. The quantitative estimate of drug-likeness (QED) is 0.810. The van der Waals surface area contributed by atoms with Gasteiger partial charge in [-0.3, -0.25) is 0 Å². The van der Waals surface area contributed by atoms with Gasteiger partial charge >= 0.3 is 0 Å². The number of hydrogen-bond acceptors (Lipinski definition) is 3. The van der Waals surface area contributed by atoms with Crippen molar-refractivity contribution in [3.63, 3.8) is 0 Å². The fourth-order valence-corrected chi connectivity index (χ4v) is 1.58. The van der Waals surface area contributed by atoms with Gasteiger partial charge in [-0.25, -0.2) is 0 Å². The lowest BCUT2D eigenvalue weighted by Crippen LogP contribution is -2.05. The monoisotopic (exact) mass is 215 g/mol. The smallest absolute Gasteiger partial charge is 0.162 e. The first-order valence-corrected chi connectivity index (χ1v) is 4.74. The predicted molar refractivity (Wildman–Crippen MR) is 57.2 cm³/mol. The Labute approximate surface area is 88.4 Å². The molecule has 0 bridgehead atoms. The van der Waals surface area contributed by atoms with Gasteiger partial charge in [0.05, 0.1) is 7.11 Å². The van der Waals surface area contributed by atoms with Crippen LogP contribution in [0.4, 0.5) is 0 Å². The number of halogens is 1. The minimum absolute atomic E-state index is 0.139. The van der Waals surface area contributed by atoms with Gasteiger partial charge in [-0.1, -0.05) is 11.6 Å². The van der Waals surface area contributed by atoms with Crippen LogP contribution in [-0.2, 0) is 6.42 Å². The molecule has 0 atom stereocenters. The molecule has 4 heteroatoms. The van der Waals surface area contributed by atoms with Gasteiger partial charge in [0, 0.05) is 16.7 Å². The van der Waals surface area contributed by atoms with Crippen molar-refractivity contribution in [2.75, 3.05) is 13.7 Å². The highest BCUT2D eigenvalue weighted by Crippen LogP contribution is 2.36. The summed E-state index contributed by atoms with van der Waals surface area (Å²) in [7, 11) is 1.49. The van der Waals surface area contributed by atoms with Crippen molar-refractivity contribution in [2.45, 2.75) is 13.3 Å². The third-order valence-electron chi connectivity index (χ3n) is 2.20. The largest absolute Gasteiger partial charge is 0.504 e. The number of ether oxygens (including phenoxy) is 1. The normalized spacial score (nSPS) is 10.3. The molecule has 0 aromatic heterocycles. The Bertz CT molecular complexity index is 339. The first kappa shape index (κ1) is 11.1. The van der Waals surface area contributed by atoms with Crippen LogP contribution in [0, 0.1) is 6.92 Å². The van der Waals surface area contributed by atoms with E-state index < -0.39 is 0 Å². The zero-order chi connectivity index (χ0) is 10.7. The maximum atomic E-state index is 9.79. The van der Waals surface area contributed by atoms with Gasteiger partial charge in [0.15, 0.2) is 11.5 Å². The molecule has 78 valence electrons. The third kappa shape index (κ3) is 1.94. The summed E-state index contributed by atoms with van der Waals surface area (Å²) in [5, 5.41) is 10.4. The van der Waals surface area contributed by atoms with E-state index in [4.69, 9.17) is 22.1 Å². The molecule has 0 amide bonds. The minimum atomic E-state index is 0.139. The zero-order valence-electron chi connectivity index (χ0n) is 8.30. The molecule has 14 heavy (non-hydrogen) atoms. The van der Waals surface area contributed by atoms with Crippen LogP contribution in [0.3, 0.4) is 0 Å². The summed E-state index contributed by atoms with van der Waals surface area (Å²) in [5.41, 5.74) is 7.06. The van der Waals surface area contributed by atoms with E-state index in [0.717, 1.165) is 11.1 Å². The van der Waals surface area contributed by atoms with Crippen LogP contribution in [0.5, 0.6) is 11.5 Å². The third-order valence-corrected chi connectivity index (χ3v) is 2.59. The van der Waals surface area contributed by atoms with Crippen molar-refractivity contribution >= 4 is 11.6 Å². The molecule has 0 saturated heterocycles. The number of benzene rings is 1. The molecule has 3 N–H and O–H groups in total. The molecular weight excluding hydrogens is 202 g/mol. The van der Waals surface area contributed by atoms with Crippen molar-refractivity contribution in [3.05, 3.63) is 22.2 Å². The number of rotatable bonds is 3. The average Bonchev–Trinajstić information content (AvgIpc) is 2.18. The molecule has 0 aliphatic rings. The predicted octanol–water partition coefficient (Wildman–Crippen LogP) is 1.86. The zero-order valence-corrected chi connectivity index (χ0v) is 9.06. The van der Waals surface area contributed by atoms with E-state index >= 15 is 0 Å². The maximum Gasteiger partial charge on any atom is 0.162 e. The molecule has 0 aliphatic heterocycles. The fourth-order valence-electron chi connectivity index (χ4n) is 1.37. The first-order chi connectivity index (χ1) is 6.61. The second-order valence-corrected chi connectivity index (χ2v) is 3.46. The Hall–Kier alpha value is -0.930. The summed E-state index contributed by atoms with van der Waals surface area (Å²) in [6, 6.07) is 1.60. The Balaban J connectivity index is 3.29. The van der Waals surface area contributed by atoms with Crippen molar-refractivity contribution in [3.8, 4) is 11.5 Å². The van der Waals surface area contributed by atoms with E-state index in [2.05, 4.69) is 0 Å². The number of methoxy groups -OCH3 is 1. The number of hydrogen-bond donors (Lipinski definition) is 2. The van der Waals surface area contributed by atoms with E-state index in [1.807, 2.05) is 6.92 Å². The minimum Gasteiger partial charge on any atom is -0.504 e. The second-order valence-electron chi connectivity index (χ2n) is 3.05. The molecule has 0 spiro atoms. The van der Waals surface area contributed by atoms with E-state index in [1.54, 1.807) is 6.07 Å². The molecule has 0 aliphatic carbocycles. The lowest BCUT2D eigenvalue weighted by Gasteiger charge is -2.12. The van der Waals surface area contributed by atoms with Crippen molar-refractivity contribution < 1.29 is 9.84 Å². The highest BCUT2D eigenvalue weighted by Gasteiger charge is 2.13. The molecule has 1 aromatic carbocycles. The summed E-state index contributed by atoms with van der Waals surface area (Å²) in [5.74, 6) is 0.531. The van der Waals surface area contributed by atoms with Crippen LogP contribution in [0.2, 0.25) is 5.02 Å². The van der Waals surface area contributed by atoms with Gasteiger partial charge in [0.25, 0.3) is 0 Å². The SMILES string of the molecule is COc1cc(Cl)c(C)c(CCN)c1O. The molecule has 0 unspecified atom stereocenters. The number of aromatic hydroxyl groups is 1. The summed E-state index contributed by atoms with van der Waals surface area (Å²) in [4.78, 5) is 0. The second kappa shape index (κ2) is 4.53. The molecule has 0 radical (unpaired) electrons. The highest BCUT2D eigenvalue weighted by molar-refractivity contribution is 6.31. The van der Waals surface area contributed by atoms with E-state index in [1.165, 1.54) is 7.11 Å². The van der Waals surface area contributed by atoms with E-state index in [-0.39, 0.29) is 5.75 Å². The van der Waals surface area contributed by atoms with Gasteiger partial charge < -0.3 is 15.6 Å². The van der Waals surface area contributed by atoms with Crippen LogP contribution >= 0.6 is 11.6 Å². The lowest BCUT2D eigenvalue weighted by molar-refractivity contribution is 0.370. The fraction of sp³-hybridized carbons (Fsp3) is 0.400. The van der Waals surface area contributed by atoms with Crippen molar-refractivity contribution in [2.24, 2.45) is 5.73 Å². The molecule has 0 heterocycles. The average molecular weight is 216 g/mol. The topological polar surface area (TPSA) is 55.5 Å². The summed E-state index contributed by atoms with van der Waals surface area (Å²) >= 11 is 5.97. The van der Waals surface area contributed by atoms with Crippen LogP contribution in [-0.4, -0.2) is 18.8 Å². The Morgan fingerprint density at radius 3 is 2.71 bits per heavy atom. The molecular formula is C10H14ClNO2. The maximum absolute atomic E-state index is 9.79. The number of nitrogens with two attached hydrogens (primary N) is 1. The number of phenols is 1. The summed E-state index contributed by atoms with van der Waals surface area (Å²) in [6.07, 6.45) is 0.592. The first-order valence-electron chi connectivity index (χ1n) is 4.36. The summed E-state index contributed by atoms with van der Waals surface area (Å²) < 4.78 is 4.99. The van der Waals surface area contributed by atoms with Crippen molar-refractivity contribution in [1.29, 1.82) is 0 Å². The molecule has 0 fully saturated rings.